The Morgan fingerprint density at radius 3 is 2.60 bits per heavy atom. The van der Waals surface area contributed by atoms with Crippen LogP contribution in [0.25, 0.3) is 0 Å². The topological polar surface area (TPSA) is 52.7 Å². The lowest BCUT2D eigenvalue weighted by atomic mass is 10.0. The van der Waals surface area contributed by atoms with Gasteiger partial charge in [-0.15, -0.1) is 0 Å². The summed E-state index contributed by atoms with van der Waals surface area (Å²) in [4.78, 5) is 28.6. The minimum atomic E-state index is 0.0186. The molecule has 3 amide bonds. The first-order valence-electron chi connectivity index (χ1n) is 9.62. The fraction of sp³-hybridized carbons (Fsp3) is 0.600. The maximum Gasteiger partial charge on any atom is 0.317 e. The van der Waals surface area contributed by atoms with Gasteiger partial charge in [-0.25, -0.2) is 4.79 Å². The van der Waals surface area contributed by atoms with Crippen LogP contribution >= 0.6 is 0 Å². The van der Waals surface area contributed by atoms with E-state index in [0.717, 1.165) is 45.2 Å². The van der Waals surface area contributed by atoms with Crippen molar-refractivity contribution in [2.75, 3.05) is 32.7 Å². The van der Waals surface area contributed by atoms with Crippen LogP contribution < -0.4 is 5.32 Å². The highest BCUT2D eigenvalue weighted by molar-refractivity contribution is 5.81. The third kappa shape index (κ3) is 3.65. The average Bonchev–Trinajstić information content (AvgIpc) is 3.43. The second kappa shape index (κ2) is 7.06. The molecule has 1 saturated carbocycles. The Morgan fingerprint density at radius 2 is 1.76 bits per heavy atom. The molecule has 4 rings (SSSR count). The molecule has 2 fully saturated rings. The summed E-state index contributed by atoms with van der Waals surface area (Å²) in [7, 11) is 0. The second-order valence-corrected chi connectivity index (χ2v) is 7.56. The smallest absolute Gasteiger partial charge is 0.317 e. The van der Waals surface area contributed by atoms with Crippen LogP contribution in [0.3, 0.4) is 0 Å². The number of benzene rings is 1. The van der Waals surface area contributed by atoms with Gasteiger partial charge in [0.2, 0.25) is 5.91 Å². The van der Waals surface area contributed by atoms with Crippen molar-refractivity contribution < 1.29 is 9.59 Å². The van der Waals surface area contributed by atoms with Gasteiger partial charge in [-0.2, -0.15) is 0 Å². The number of nitrogens with zero attached hydrogens (tertiary/aromatic N) is 2. The summed E-state index contributed by atoms with van der Waals surface area (Å²) in [6.07, 6.45) is 5.19. The van der Waals surface area contributed by atoms with Crippen LogP contribution in [0.4, 0.5) is 4.79 Å². The molecule has 0 spiro atoms. The van der Waals surface area contributed by atoms with Crippen LogP contribution in [0.2, 0.25) is 0 Å². The summed E-state index contributed by atoms with van der Waals surface area (Å²) in [5.41, 5.74) is 2.81. The minimum absolute atomic E-state index is 0.0186. The van der Waals surface area contributed by atoms with E-state index in [9.17, 15) is 9.59 Å². The molecule has 1 saturated heterocycles. The molecule has 0 radical (unpaired) electrons. The Bertz CT molecular complexity index is 656. The second-order valence-electron chi connectivity index (χ2n) is 7.56. The first-order chi connectivity index (χ1) is 12.2. The maximum atomic E-state index is 12.6. The largest absolute Gasteiger partial charge is 0.341 e. The third-order valence-electron chi connectivity index (χ3n) is 5.78. The minimum Gasteiger partial charge on any atom is -0.341 e. The summed E-state index contributed by atoms with van der Waals surface area (Å²) in [6.45, 7) is 3.55. The van der Waals surface area contributed by atoms with Crippen molar-refractivity contribution in [1.82, 2.24) is 15.1 Å². The molecule has 0 aromatic heterocycles. The van der Waals surface area contributed by atoms with Gasteiger partial charge in [0.25, 0.3) is 0 Å². The molecule has 1 aromatic carbocycles. The highest BCUT2D eigenvalue weighted by Gasteiger charge is 2.34. The fourth-order valence-corrected chi connectivity index (χ4v) is 4.11. The van der Waals surface area contributed by atoms with Crippen LogP contribution in [0.5, 0.6) is 0 Å². The zero-order chi connectivity index (χ0) is 17.2. The van der Waals surface area contributed by atoms with E-state index >= 15 is 0 Å². The molecule has 1 aliphatic heterocycles. The van der Waals surface area contributed by atoms with Crippen molar-refractivity contribution in [3.05, 3.63) is 35.4 Å². The van der Waals surface area contributed by atoms with Gasteiger partial charge in [0.1, 0.15) is 0 Å². The monoisotopic (exact) mass is 341 g/mol. The Hall–Kier alpha value is -2.04. The molecular weight excluding hydrogens is 314 g/mol. The highest BCUT2D eigenvalue weighted by Crippen LogP contribution is 2.32. The van der Waals surface area contributed by atoms with Crippen molar-refractivity contribution in [3.63, 3.8) is 0 Å². The van der Waals surface area contributed by atoms with E-state index in [0.29, 0.717) is 31.5 Å². The number of aryl methyl sites for hydroxylation is 1. The quantitative estimate of drug-likeness (QED) is 0.918. The number of carbonyl (C=O) groups is 2. The summed E-state index contributed by atoms with van der Waals surface area (Å²) in [5.74, 6) is 0.993. The van der Waals surface area contributed by atoms with Crippen LogP contribution in [-0.4, -0.2) is 54.5 Å². The zero-order valence-corrected chi connectivity index (χ0v) is 14.7. The Balaban J connectivity index is 1.28. The van der Waals surface area contributed by atoms with Crippen molar-refractivity contribution in [1.29, 1.82) is 0 Å². The molecule has 0 unspecified atom stereocenters. The van der Waals surface area contributed by atoms with E-state index in [1.165, 1.54) is 11.1 Å². The zero-order valence-electron chi connectivity index (χ0n) is 14.7. The van der Waals surface area contributed by atoms with Gasteiger partial charge < -0.3 is 15.1 Å². The van der Waals surface area contributed by atoms with Crippen molar-refractivity contribution in [2.24, 2.45) is 5.92 Å². The maximum absolute atomic E-state index is 12.6. The highest BCUT2D eigenvalue weighted by atomic mass is 16.2. The summed E-state index contributed by atoms with van der Waals surface area (Å²) >= 11 is 0. The molecule has 134 valence electrons. The molecule has 1 heterocycles. The van der Waals surface area contributed by atoms with Gasteiger partial charge in [0.15, 0.2) is 0 Å². The number of hydrogen-bond acceptors (Lipinski definition) is 2. The van der Waals surface area contributed by atoms with Crippen molar-refractivity contribution in [2.45, 2.75) is 38.0 Å². The first-order valence-corrected chi connectivity index (χ1v) is 9.62. The number of hydrogen-bond donors (Lipinski definition) is 1. The molecule has 1 N–H and O–H groups in total. The van der Waals surface area contributed by atoms with Gasteiger partial charge in [-0.1, -0.05) is 24.3 Å². The Labute approximate surface area is 149 Å². The van der Waals surface area contributed by atoms with Crippen molar-refractivity contribution in [3.8, 4) is 0 Å². The number of rotatable bonds is 3. The van der Waals surface area contributed by atoms with Gasteiger partial charge in [-0.3, -0.25) is 4.79 Å². The number of carbonyl (C=O) groups excluding carboxylic acids is 2. The molecule has 2 aliphatic carbocycles. The lowest BCUT2D eigenvalue weighted by Crippen LogP contribution is -2.43. The van der Waals surface area contributed by atoms with Gasteiger partial charge in [0, 0.05) is 44.6 Å². The summed E-state index contributed by atoms with van der Waals surface area (Å²) in [6, 6.07) is 8.57. The number of nitrogens with one attached hydrogen (secondary N) is 1. The summed E-state index contributed by atoms with van der Waals surface area (Å²) < 4.78 is 0. The lowest BCUT2D eigenvalue weighted by molar-refractivity contribution is -0.132. The van der Waals surface area contributed by atoms with E-state index in [2.05, 4.69) is 29.6 Å². The van der Waals surface area contributed by atoms with Crippen LogP contribution in [0.1, 0.15) is 42.7 Å². The van der Waals surface area contributed by atoms with Gasteiger partial charge >= 0.3 is 6.03 Å². The van der Waals surface area contributed by atoms with Gasteiger partial charge in [0.05, 0.1) is 0 Å². The van der Waals surface area contributed by atoms with E-state index in [1.54, 1.807) is 0 Å². The van der Waals surface area contributed by atoms with Crippen LogP contribution in [0.15, 0.2) is 24.3 Å². The molecular formula is C20H27N3O2. The van der Waals surface area contributed by atoms with Crippen LogP contribution in [-0.2, 0) is 11.2 Å². The Morgan fingerprint density at radius 1 is 1.00 bits per heavy atom. The SMILES string of the molecule is O=C(NC[C@H]1CCc2ccccc21)N1CCCN(C(=O)C2CC2)CC1. The molecule has 0 bridgehead atoms. The lowest BCUT2D eigenvalue weighted by Gasteiger charge is -2.23. The molecule has 5 heteroatoms. The standard InChI is InChI=1S/C20H27N3O2/c24-19(16-7-8-16)22-10-3-11-23(13-12-22)20(25)21-14-17-9-6-15-4-1-2-5-18(15)17/h1-2,4-5,16-17H,3,6-14H2,(H,21,25)/t17-/m1/s1. The Kier molecular flexibility index (Phi) is 4.64. The predicted octanol–water partition coefficient (Wildman–Crippen LogP) is 2.37. The van der Waals surface area contributed by atoms with E-state index < -0.39 is 0 Å². The first kappa shape index (κ1) is 16.4. The summed E-state index contributed by atoms with van der Waals surface area (Å²) in [5, 5.41) is 3.13. The fourth-order valence-electron chi connectivity index (χ4n) is 4.11. The third-order valence-corrected chi connectivity index (χ3v) is 5.78. The average molecular weight is 341 g/mol. The number of amides is 3. The van der Waals surface area contributed by atoms with Crippen LogP contribution in [0, 0.1) is 5.92 Å². The normalized spacial score (nSPS) is 23.1. The molecule has 1 atom stereocenters. The number of urea groups is 1. The molecule has 25 heavy (non-hydrogen) atoms. The molecule has 5 nitrogen and oxygen atoms in total. The van der Waals surface area contributed by atoms with Gasteiger partial charge in [-0.05, 0) is 43.2 Å². The van der Waals surface area contributed by atoms with E-state index in [4.69, 9.17) is 0 Å². The van der Waals surface area contributed by atoms with E-state index in [1.807, 2.05) is 9.80 Å². The number of fused-ring (bicyclic) bond motifs is 1. The predicted molar refractivity (Wildman–Crippen MR) is 96.4 cm³/mol. The molecule has 3 aliphatic rings. The van der Waals surface area contributed by atoms with Crippen molar-refractivity contribution >= 4 is 11.9 Å². The molecule has 1 aromatic rings. The van der Waals surface area contributed by atoms with E-state index in [-0.39, 0.29) is 11.9 Å².